The average molecular weight is 496 g/mol. The van der Waals surface area contributed by atoms with Crippen molar-refractivity contribution in [2.75, 3.05) is 18.6 Å². The smallest absolute Gasteiger partial charge is 0.434 e. The summed E-state index contributed by atoms with van der Waals surface area (Å²) in [5.41, 5.74) is -0.858. The van der Waals surface area contributed by atoms with Crippen LogP contribution in [0.15, 0.2) is 54.9 Å². The van der Waals surface area contributed by atoms with E-state index >= 15 is 0 Å². The lowest BCUT2D eigenvalue weighted by Crippen LogP contribution is -2.26. The molecule has 0 spiro atoms. The summed E-state index contributed by atoms with van der Waals surface area (Å²) in [6.45, 7) is 1.62. The number of pyridine rings is 1. The molecule has 1 aliphatic rings. The molecule has 8 nitrogen and oxygen atoms in total. The van der Waals surface area contributed by atoms with Crippen LogP contribution in [0.25, 0.3) is 16.5 Å². The highest BCUT2D eigenvalue weighted by molar-refractivity contribution is 6.25. The largest absolute Gasteiger partial charge is 0.497 e. The van der Waals surface area contributed by atoms with Crippen LogP contribution in [0.5, 0.6) is 5.75 Å². The van der Waals surface area contributed by atoms with Gasteiger partial charge in [-0.3, -0.25) is 9.69 Å². The Morgan fingerprint density at radius 3 is 2.50 bits per heavy atom. The van der Waals surface area contributed by atoms with Crippen LogP contribution in [0.2, 0.25) is 0 Å². The first-order chi connectivity index (χ1) is 17.2. The molecule has 36 heavy (non-hydrogen) atoms. The number of rotatable bonds is 6. The predicted molar refractivity (Wildman–Crippen MR) is 123 cm³/mol. The average Bonchev–Trinajstić information content (AvgIpc) is 3.42. The van der Waals surface area contributed by atoms with Gasteiger partial charge < -0.3 is 9.47 Å². The SMILES string of the molecule is CCOC(=O)c1cnn(-c2cnc3c4c(cccc24)C(=O)N3Cc2ccc(OC)cc2)c1C(F)(F)F. The molecule has 1 aliphatic heterocycles. The van der Waals surface area contributed by atoms with Crippen molar-refractivity contribution in [1.29, 1.82) is 0 Å². The Bertz CT molecular complexity index is 1500. The fourth-order valence-electron chi connectivity index (χ4n) is 4.28. The number of hydrogen-bond donors (Lipinski definition) is 0. The number of ether oxygens (including phenoxy) is 2. The van der Waals surface area contributed by atoms with Gasteiger partial charge in [0.1, 0.15) is 17.1 Å². The number of alkyl halides is 3. The van der Waals surface area contributed by atoms with Crippen molar-refractivity contribution in [2.24, 2.45) is 0 Å². The Hall–Kier alpha value is -4.41. The van der Waals surface area contributed by atoms with Crippen LogP contribution in [-0.2, 0) is 17.5 Å². The number of nitrogens with zero attached hydrogens (tertiary/aromatic N) is 4. The molecular weight excluding hydrogens is 477 g/mol. The lowest BCUT2D eigenvalue weighted by Gasteiger charge is -2.18. The number of anilines is 1. The third kappa shape index (κ3) is 3.72. The molecule has 184 valence electrons. The van der Waals surface area contributed by atoms with E-state index in [0.717, 1.165) is 11.8 Å². The Balaban J connectivity index is 1.63. The molecule has 4 aromatic rings. The second kappa shape index (κ2) is 8.67. The quantitative estimate of drug-likeness (QED) is 0.357. The standard InChI is InChI=1S/C25H19F3N4O4/c1-3-36-24(34)18-11-30-32(21(18)25(26,27)28)19-12-29-22-20-16(19)5-4-6-17(20)23(33)31(22)13-14-7-9-15(35-2)10-8-14/h4-12H,3,13H2,1-2H3. The number of esters is 1. The third-order valence-electron chi connectivity index (χ3n) is 5.87. The second-order valence-electron chi connectivity index (χ2n) is 7.97. The summed E-state index contributed by atoms with van der Waals surface area (Å²) < 4.78 is 52.7. The van der Waals surface area contributed by atoms with E-state index in [1.165, 1.54) is 18.0 Å². The Labute approximate surface area is 202 Å². The monoisotopic (exact) mass is 496 g/mol. The van der Waals surface area contributed by atoms with Gasteiger partial charge >= 0.3 is 12.1 Å². The van der Waals surface area contributed by atoms with Gasteiger partial charge in [0, 0.05) is 10.8 Å². The van der Waals surface area contributed by atoms with Crippen LogP contribution in [0, 0.1) is 0 Å². The molecule has 2 aromatic heterocycles. The molecule has 0 radical (unpaired) electrons. The lowest BCUT2D eigenvalue weighted by atomic mass is 10.1. The molecule has 0 unspecified atom stereocenters. The van der Waals surface area contributed by atoms with Gasteiger partial charge in [0.05, 0.1) is 43.9 Å². The molecule has 0 aliphatic carbocycles. The summed E-state index contributed by atoms with van der Waals surface area (Å²) in [5.74, 6) is -0.450. The molecule has 0 N–H and O–H groups in total. The van der Waals surface area contributed by atoms with E-state index in [1.54, 1.807) is 37.4 Å². The van der Waals surface area contributed by atoms with Gasteiger partial charge in [0.25, 0.3) is 5.91 Å². The van der Waals surface area contributed by atoms with Crippen molar-refractivity contribution >= 4 is 28.5 Å². The third-order valence-corrected chi connectivity index (χ3v) is 5.87. The van der Waals surface area contributed by atoms with Gasteiger partial charge in [-0.2, -0.15) is 18.3 Å². The molecule has 11 heteroatoms. The maximum atomic E-state index is 14.1. The highest BCUT2D eigenvalue weighted by Gasteiger charge is 2.42. The van der Waals surface area contributed by atoms with Crippen LogP contribution in [0.1, 0.15) is 38.9 Å². The molecular formula is C25H19F3N4O4. The van der Waals surface area contributed by atoms with Crippen molar-refractivity contribution in [3.8, 4) is 11.4 Å². The van der Waals surface area contributed by atoms with Crippen molar-refractivity contribution in [3.63, 3.8) is 0 Å². The Morgan fingerprint density at radius 2 is 1.83 bits per heavy atom. The predicted octanol–water partition coefficient (Wildman–Crippen LogP) is 4.79. The Morgan fingerprint density at radius 1 is 1.08 bits per heavy atom. The number of carbonyl (C=O) groups is 2. The van der Waals surface area contributed by atoms with E-state index in [1.807, 2.05) is 12.1 Å². The number of aromatic nitrogens is 3. The summed E-state index contributed by atoms with van der Waals surface area (Å²) >= 11 is 0. The number of methoxy groups -OCH3 is 1. The van der Waals surface area contributed by atoms with Crippen LogP contribution in [0.4, 0.5) is 19.0 Å². The summed E-state index contributed by atoms with van der Waals surface area (Å²) in [6.07, 6.45) is -2.86. The van der Waals surface area contributed by atoms with E-state index in [-0.39, 0.29) is 24.7 Å². The van der Waals surface area contributed by atoms with E-state index < -0.39 is 23.4 Å². The van der Waals surface area contributed by atoms with Crippen molar-refractivity contribution < 1.29 is 32.2 Å². The molecule has 2 aromatic carbocycles. The summed E-state index contributed by atoms with van der Waals surface area (Å²) in [6, 6.07) is 12.0. The van der Waals surface area contributed by atoms with E-state index in [9.17, 15) is 22.8 Å². The highest BCUT2D eigenvalue weighted by Crippen LogP contribution is 2.41. The summed E-state index contributed by atoms with van der Waals surface area (Å²) in [5, 5.41) is 4.61. The van der Waals surface area contributed by atoms with Gasteiger partial charge in [0.15, 0.2) is 5.69 Å². The number of hydrogen-bond acceptors (Lipinski definition) is 6. The second-order valence-corrected chi connectivity index (χ2v) is 7.97. The normalized spacial score (nSPS) is 12.9. The van der Waals surface area contributed by atoms with Crippen molar-refractivity contribution in [2.45, 2.75) is 19.6 Å². The minimum Gasteiger partial charge on any atom is -0.497 e. The van der Waals surface area contributed by atoms with Crippen molar-refractivity contribution in [3.05, 3.63) is 77.2 Å². The van der Waals surface area contributed by atoms with E-state index in [4.69, 9.17) is 9.47 Å². The summed E-state index contributed by atoms with van der Waals surface area (Å²) in [4.78, 5) is 31.3. The molecule has 0 bridgehead atoms. The number of carbonyl (C=O) groups excluding carboxylic acids is 2. The zero-order chi connectivity index (χ0) is 25.6. The van der Waals surface area contributed by atoms with Gasteiger partial charge in [-0.1, -0.05) is 24.3 Å². The fraction of sp³-hybridized carbons (Fsp3) is 0.200. The van der Waals surface area contributed by atoms with E-state index in [2.05, 4.69) is 10.1 Å². The molecule has 0 saturated heterocycles. The van der Waals surface area contributed by atoms with Crippen LogP contribution < -0.4 is 9.64 Å². The first-order valence-corrected chi connectivity index (χ1v) is 10.9. The van der Waals surface area contributed by atoms with E-state index in [0.29, 0.717) is 32.6 Å². The Kier molecular flexibility index (Phi) is 5.62. The molecule has 5 rings (SSSR count). The van der Waals surface area contributed by atoms with Gasteiger partial charge in [-0.15, -0.1) is 0 Å². The lowest BCUT2D eigenvalue weighted by molar-refractivity contribution is -0.143. The summed E-state index contributed by atoms with van der Waals surface area (Å²) in [7, 11) is 1.55. The van der Waals surface area contributed by atoms with Crippen molar-refractivity contribution in [1.82, 2.24) is 14.8 Å². The minimum atomic E-state index is -4.91. The zero-order valence-electron chi connectivity index (χ0n) is 19.2. The fourth-order valence-corrected chi connectivity index (χ4v) is 4.28. The molecule has 0 saturated carbocycles. The number of halogens is 3. The van der Waals surface area contributed by atoms with Gasteiger partial charge in [-0.25, -0.2) is 14.5 Å². The maximum absolute atomic E-state index is 14.1. The molecule has 1 amide bonds. The zero-order valence-corrected chi connectivity index (χ0v) is 19.2. The first kappa shape index (κ1) is 23.3. The van der Waals surface area contributed by atoms with Gasteiger partial charge in [0.2, 0.25) is 0 Å². The maximum Gasteiger partial charge on any atom is 0.434 e. The minimum absolute atomic E-state index is 0.0161. The van der Waals surface area contributed by atoms with Gasteiger partial charge in [-0.05, 0) is 30.7 Å². The number of benzene rings is 2. The molecule has 3 heterocycles. The van der Waals surface area contributed by atoms with Crippen LogP contribution in [0.3, 0.4) is 0 Å². The molecule has 0 fully saturated rings. The van der Waals surface area contributed by atoms with Crippen LogP contribution in [-0.4, -0.2) is 40.4 Å². The topological polar surface area (TPSA) is 86.5 Å². The van der Waals surface area contributed by atoms with Crippen LogP contribution >= 0.6 is 0 Å². The highest BCUT2D eigenvalue weighted by atomic mass is 19.4. The number of amides is 1. The molecule has 0 atom stereocenters. The first-order valence-electron chi connectivity index (χ1n) is 10.9.